The Balaban J connectivity index is 2.32. The molecular formula is C18H28O3. The average molecular weight is 292 g/mol. The summed E-state index contributed by atoms with van der Waals surface area (Å²) < 4.78 is 5.66. The third-order valence-electron chi connectivity index (χ3n) is 3.89. The normalized spacial score (nSPS) is 17.0. The molecule has 1 aromatic carbocycles. The molecule has 0 unspecified atom stereocenters. The smallest absolute Gasteiger partial charge is 0.0717 e. The van der Waals surface area contributed by atoms with Gasteiger partial charge in [0.05, 0.1) is 25.4 Å². The first-order valence-corrected chi connectivity index (χ1v) is 7.65. The van der Waals surface area contributed by atoms with E-state index in [2.05, 4.69) is 6.58 Å². The minimum atomic E-state index is -0.569. The van der Waals surface area contributed by atoms with Gasteiger partial charge in [0.1, 0.15) is 0 Å². The second-order valence-corrected chi connectivity index (χ2v) is 5.76. The fourth-order valence-corrected chi connectivity index (χ4v) is 2.33. The monoisotopic (exact) mass is 292 g/mol. The zero-order chi connectivity index (χ0) is 15.7. The maximum Gasteiger partial charge on any atom is 0.0717 e. The van der Waals surface area contributed by atoms with Gasteiger partial charge < -0.3 is 14.9 Å². The van der Waals surface area contributed by atoms with Crippen molar-refractivity contribution in [2.45, 2.75) is 45.5 Å². The number of aliphatic hydroxyl groups is 2. The van der Waals surface area contributed by atoms with Crippen molar-refractivity contribution >= 4 is 0 Å². The number of ether oxygens (including phenoxy) is 1. The Kier molecular flexibility index (Phi) is 8.28. The van der Waals surface area contributed by atoms with E-state index in [9.17, 15) is 10.2 Å². The first kappa shape index (κ1) is 17.9. The highest BCUT2D eigenvalue weighted by Gasteiger charge is 2.26. The van der Waals surface area contributed by atoms with Crippen molar-refractivity contribution in [3.05, 3.63) is 48.6 Å². The molecule has 0 aromatic heterocycles. The summed E-state index contributed by atoms with van der Waals surface area (Å²) in [5.74, 6) is -0.178. The molecule has 0 spiro atoms. The Labute approximate surface area is 128 Å². The van der Waals surface area contributed by atoms with E-state index in [-0.39, 0.29) is 11.8 Å². The van der Waals surface area contributed by atoms with E-state index < -0.39 is 12.2 Å². The summed E-state index contributed by atoms with van der Waals surface area (Å²) in [6, 6.07) is 9.97. The van der Waals surface area contributed by atoms with Crippen molar-refractivity contribution in [3.63, 3.8) is 0 Å². The maximum atomic E-state index is 10.3. The molecule has 0 saturated heterocycles. The van der Waals surface area contributed by atoms with Crippen molar-refractivity contribution < 1.29 is 14.9 Å². The molecule has 0 radical (unpaired) electrons. The lowest BCUT2D eigenvalue weighted by atomic mass is 9.88. The molecule has 0 saturated carbocycles. The molecule has 1 aromatic rings. The van der Waals surface area contributed by atoms with Crippen LogP contribution >= 0.6 is 0 Å². The van der Waals surface area contributed by atoms with Crippen LogP contribution in [0.4, 0.5) is 0 Å². The number of aliphatic hydroxyl groups excluding tert-OH is 2. The molecule has 118 valence electrons. The lowest BCUT2D eigenvalue weighted by Gasteiger charge is -2.28. The highest BCUT2D eigenvalue weighted by atomic mass is 16.5. The van der Waals surface area contributed by atoms with E-state index in [1.54, 1.807) is 6.08 Å². The molecule has 0 fully saturated rings. The molecule has 3 heteroatoms. The standard InChI is InChI=1S/C18H28O3/c1-4-5-11-17(19)15(3)18(20)14(2)12-21-13-16-9-7-6-8-10-16/h4,6-10,14-15,17-20H,1,5,11-13H2,2-3H3/t14-,15+,17+,18+/m1/s1. The molecule has 3 nitrogen and oxygen atoms in total. The summed E-state index contributed by atoms with van der Waals surface area (Å²) in [7, 11) is 0. The first-order valence-electron chi connectivity index (χ1n) is 7.65. The highest BCUT2D eigenvalue weighted by molar-refractivity contribution is 5.13. The first-order chi connectivity index (χ1) is 10.1. The predicted molar refractivity (Wildman–Crippen MR) is 85.9 cm³/mol. The largest absolute Gasteiger partial charge is 0.393 e. The van der Waals surface area contributed by atoms with Crippen molar-refractivity contribution in [3.8, 4) is 0 Å². The second kappa shape index (κ2) is 9.72. The molecule has 0 aliphatic heterocycles. The fourth-order valence-electron chi connectivity index (χ4n) is 2.33. The number of hydrogen-bond donors (Lipinski definition) is 2. The van der Waals surface area contributed by atoms with Crippen LogP contribution in [0.25, 0.3) is 0 Å². The van der Waals surface area contributed by atoms with Crippen molar-refractivity contribution in [1.82, 2.24) is 0 Å². The average Bonchev–Trinajstić information content (AvgIpc) is 2.52. The van der Waals surface area contributed by atoms with Crippen LogP contribution in [0.2, 0.25) is 0 Å². The molecule has 0 heterocycles. The summed E-state index contributed by atoms with van der Waals surface area (Å²) in [5.41, 5.74) is 1.12. The van der Waals surface area contributed by atoms with Crippen molar-refractivity contribution in [2.24, 2.45) is 11.8 Å². The third-order valence-corrected chi connectivity index (χ3v) is 3.89. The molecule has 0 aliphatic rings. The maximum absolute atomic E-state index is 10.3. The summed E-state index contributed by atoms with van der Waals surface area (Å²) in [6.07, 6.45) is 2.11. The number of hydrogen-bond acceptors (Lipinski definition) is 3. The molecular weight excluding hydrogens is 264 g/mol. The number of rotatable bonds is 10. The van der Waals surface area contributed by atoms with Gasteiger partial charge >= 0.3 is 0 Å². The third kappa shape index (κ3) is 6.42. The Morgan fingerprint density at radius 2 is 1.86 bits per heavy atom. The fraction of sp³-hybridized carbons (Fsp3) is 0.556. The molecule has 0 bridgehead atoms. The van der Waals surface area contributed by atoms with E-state index in [0.717, 1.165) is 12.0 Å². The lowest BCUT2D eigenvalue weighted by molar-refractivity contribution is -0.0359. The molecule has 4 atom stereocenters. The van der Waals surface area contributed by atoms with E-state index in [4.69, 9.17) is 4.74 Å². The van der Waals surface area contributed by atoms with Gasteiger partial charge in [0.25, 0.3) is 0 Å². The number of benzene rings is 1. The topological polar surface area (TPSA) is 49.7 Å². The predicted octanol–water partition coefficient (Wildman–Crippen LogP) is 3.16. The van der Waals surface area contributed by atoms with Crippen LogP contribution < -0.4 is 0 Å². The van der Waals surface area contributed by atoms with Gasteiger partial charge in [-0.3, -0.25) is 0 Å². The van der Waals surface area contributed by atoms with Crippen LogP contribution in [0.1, 0.15) is 32.3 Å². The van der Waals surface area contributed by atoms with Crippen LogP contribution in [-0.4, -0.2) is 29.0 Å². The summed E-state index contributed by atoms with van der Waals surface area (Å²) >= 11 is 0. The van der Waals surface area contributed by atoms with Gasteiger partial charge in [-0.15, -0.1) is 6.58 Å². The highest BCUT2D eigenvalue weighted by Crippen LogP contribution is 2.20. The van der Waals surface area contributed by atoms with Gasteiger partial charge in [-0.05, 0) is 18.4 Å². The Morgan fingerprint density at radius 1 is 1.19 bits per heavy atom. The van der Waals surface area contributed by atoms with Crippen molar-refractivity contribution in [2.75, 3.05) is 6.61 Å². The van der Waals surface area contributed by atoms with Gasteiger partial charge in [-0.25, -0.2) is 0 Å². The van der Waals surface area contributed by atoms with E-state index in [1.807, 2.05) is 44.2 Å². The summed E-state index contributed by atoms with van der Waals surface area (Å²) in [6.45, 7) is 8.51. The summed E-state index contributed by atoms with van der Waals surface area (Å²) in [5, 5.41) is 20.3. The number of allylic oxidation sites excluding steroid dienone is 1. The Hall–Kier alpha value is -1.16. The van der Waals surface area contributed by atoms with Crippen molar-refractivity contribution in [1.29, 1.82) is 0 Å². The van der Waals surface area contributed by atoms with E-state index >= 15 is 0 Å². The van der Waals surface area contributed by atoms with Gasteiger partial charge in [0.15, 0.2) is 0 Å². The molecule has 21 heavy (non-hydrogen) atoms. The zero-order valence-electron chi connectivity index (χ0n) is 13.1. The quantitative estimate of drug-likeness (QED) is 0.651. The second-order valence-electron chi connectivity index (χ2n) is 5.76. The van der Waals surface area contributed by atoms with Crippen LogP contribution in [0.3, 0.4) is 0 Å². The zero-order valence-corrected chi connectivity index (χ0v) is 13.1. The van der Waals surface area contributed by atoms with E-state index in [1.165, 1.54) is 0 Å². The SMILES string of the molecule is C=CCC[C@H](O)[C@H](C)[C@@H](O)[C@H](C)COCc1ccccc1. The molecule has 0 amide bonds. The van der Waals surface area contributed by atoms with E-state index in [0.29, 0.717) is 19.6 Å². The Bertz CT molecular complexity index is 391. The van der Waals surface area contributed by atoms with Gasteiger partial charge in [-0.2, -0.15) is 0 Å². The van der Waals surface area contributed by atoms with Gasteiger partial charge in [-0.1, -0.05) is 50.3 Å². The van der Waals surface area contributed by atoms with Crippen LogP contribution in [0.5, 0.6) is 0 Å². The van der Waals surface area contributed by atoms with Crippen LogP contribution in [0, 0.1) is 11.8 Å². The molecule has 1 rings (SSSR count). The minimum absolute atomic E-state index is 0.0120. The lowest BCUT2D eigenvalue weighted by Crippen LogP contribution is -2.35. The van der Waals surface area contributed by atoms with Gasteiger partial charge in [0, 0.05) is 11.8 Å². The van der Waals surface area contributed by atoms with Crippen LogP contribution in [-0.2, 0) is 11.3 Å². The molecule has 2 N–H and O–H groups in total. The summed E-state index contributed by atoms with van der Waals surface area (Å²) in [4.78, 5) is 0. The molecule has 0 aliphatic carbocycles. The minimum Gasteiger partial charge on any atom is -0.393 e. The Morgan fingerprint density at radius 3 is 2.48 bits per heavy atom. The van der Waals surface area contributed by atoms with Crippen LogP contribution in [0.15, 0.2) is 43.0 Å². The van der Waals surface area contributed by atoms with Gasteiger partial charge in [0.2, 0.25) is 0 Å².